The van der Waals surface area contributed by atoms with Crippen LogP contribution in [-0.4, -0.2) is 36.0 Å². The molecule has 1 N–H and O–H groups in total. The lowest BCUT2D eigenvalue weighted by atomic mass is 9.99. The van der Waals surface area contributed by atoms with Gasteiger partial charge in [0.15, 0.2) is 0 Å². The Bertz CT molecular complexity index is 431. The summed E-state index contributed by atoms with van der Waals surface area (Å²) >= 11 is 6.07. The van der Waals surface area contributed by atoms with Gasteiger partial charge in [-0.1, -0.05) is 23.7 Å². The monoisotopic (exact) mass is 252 g/mol. The summed E-state index contributed by atoms with van der Waals surface area (Å²) in [6, 6.07) is 7.21. The summed E-state index contributed by atoms with van der Waals surface area (Å²) in [5.41, 5.74) is 0.415. The molecule has 2 rings (SSSR count). The molecule has 1 heterocycles. The highest BCUT2D eigenvalue weighted by Gasteiger charge is 2.34. The largest absolute Gasteiger partial charge is 0.331 e. The molecule has 3 nitrogen and oxygen atoms in total. The minimum Gasteiger partial charge on any atom is -0.331 e. The Labute approximate surface area is 107 Å². The Hall–Kier alpha value is -1.06. The molecule has 0 atom stereocenters. The number of nitrogens with zero attached hydrogens (tertiary/aromatic N) is 1. The first-order valence-corrected chi connectivity index (χ1v) is 6.17. The minimum atomic E-state index is -0.172. The second kappa shape index (κ2) is 4.67. The highest BCUT2D eigenvalue weighted by molar-refractivity contribution is 6.33. The van der Waals surface area contributed by atoms with Gasteiger partial charge in [0, 0.05) is 19.6 Å². The van der Waals surface area contributed by atoms with Crippen LogP contribution in [0, 0.1) is 0 Å². The van der Waals surface area contributed by atoms with Crippen molar-refractivity contribution in [2.45, 2.75) is 19.4 Å². The first-order chi connectivity index (χ1) is 8.02. The smallest absolute Gasteiger partial charge is 0.255 e. The fourth-order valence-electron chi connectivity index (χ4n) is 2.14. The van der Waals surface area contributed by atoms with Crippen molar-refractivity contribution in [2.24, 2.45) is 0 Å². The molecular formula is C13H17ClN2O. The highest BCUT2D eigenvalue weighted by Crippen LogP contribution is 2.23. The van der Waals surface area contributed by atoms with Crippen LogP contribution in [0.3, 0.4) is 0 Å². The zero-order chi connectivity index (χ0) is 12.5. The van der Waals surface area contributed by atoms with E-state index in [0.29, 0.717) is 10.6 Å². The van der Waals surface area contributed by atoms with Crippen LogP contribution in [0.2, 0.25) is 5.02 Å². The van der Waals surface area contributed by atoms with E-state index in [2.05, 4.69) is 19.2 Å². The van der Waals surface area contributed by atoms with Crippen LogP contribution in [0.1, 0.15) is 24.2 Å². The fourth-order valence-corrected chi connectivity index (χ4v) is 2.36. The molecule has 0 aliphatic carbocycles. The number of hydrogen-bond donors (Lipinski definition) is 1. The van der Waals surface area contributed by atoms with Crippen molar-refractivity contribution in [2.75, 3.05) is 19.6 Å². The second-order valence-corrected chi connectivity index (χ2v) is 5.33. The highest BCUT2D eigenvalue weighted by atomic mass is 35.5. The molecule has 0 spiro atoms. The normalized spacial score (nSPS) is 19.1. The van der Waals surface area contributed by atoms with Crippen LogP contribution < -0.4 is 5.32 Å². The molecule has 1 fully saturated rings. The summed E-state index contributed by atoms with van der Waals surface area (Å²) in [6.45, 7) is 6.49. The number of hydrogen-bond acceptors (Lipinski definition) is 2. The Morgan fingerprint density at radius 3 is 2.76 bits per heavy atom. The Kier molecular flexibility index (Phi) is 3.40. The van der Waals surface area contributed by atoms with Crippen LogP contribution in [-0.2, 0) is 0 Å². The summed E-state index contributed by atoms with van der Waals surface area (Å²) < 4.78 is 0. The first-order valence-electron chi connectivity index (χ1n) is 5.79. The van der Waals surface area contributed by atoms with E-state index in [1.54, 1.807) is 12.1 Å². The van der Waals surface area contributed by atoms with Crippen molar-refractivity contribution in [1.29, 1.82) is 0 Å². The maximum absolute atomic E-state index is 12.4. The van der Waals surface area contributed by atoms with Gasteiger partial charge in [0.05, 0.1) is 16.1 Å². The molecule has 1 saturated heterocycles. The van der Waals surface area contributed by atoms with Crippen molar-refractivity contribution < 1.29 is 4.79 Å². The molecular weight excluding hydrogens is 236 g/mol. The van der Waals surface area contributed by atoms with Gasteiger partial charge >= 0.3 is 0 Å². The van der Waals surface area contributed by atoms with E-state index in [9.17, 15) is 4.79 Å². The number of piperazine rings is 1. The zero-order valence-electron chi connectivity index (χ0n) is 10.2. The van der Waals surface area contributed by atoms with Gasteiger partial charge in [-0.25, -0.2) is 0 Å². The molecule has 0 radical (unpaired) electrons. The van der Waals surface area contributed by atoms with Crippen molar-refractivity contribution >= 4 is 17.5 Å². The van der Waals surface area contributed by atoms with Crippen molar-refractivity contribution in [3.8, 4) is 0 Å². The van der Waals surface area contributed by atoms with E-state index < -0.39 is 0 Å². The van der Waals surface area contributed by atoms with Crippen molar-refractivity contribution in [1.82, 2.24) is 10.2 Å². The average Bonchev–Trinajstić information content (AvgIpc) is 2.28. The number of carbonyl (C=O) groups is 1. The third-order valence-electron chi connectivity index (χ3n) is 3.15. The number of carbonyl (C=O) groups excluding carboxylic acids is 1. The molecule has 0 unspecified atom stereocenters. The lowest BCUT2D eigenvalue weighted by molar-refractivity contribution is 0.0477. The topological polar surface area (TPSA) is 32.3 Å². The van der Waals surface area contributed by atoms with Gasteiger partial charge in [0.2, 0.25) is 0 Å². The van der Waals surface area contributed by atoms with Gasteiger partial charge < -0.3 is 10.2 Å². The fraction of sp³-hybridized carbons (Fsp3) is 0.462. The molecule has 1 aliphatic heterocycles. The molecule has 1 aromatic carbocycles. The van der Waals surface area contributed by atoms with Gasteiger partial charge in [-0.15, -0.1) is 0 Å². The van der Waals surface area contributed by atoms with Crippen molar-refractivity contribution in [3.05, 3.63) is 34.9 Å². The van der Waals surface area contributed by atoms with Gasteiger partial charge in [-0.3, -0.25) is 4.79 Å². The quantitative estimate of drug-likeness (QED) is 0.831. The molecule has 0 bridgehead atoms. The lowest BCUT2D eigenvalue weighted by Gasteiger charge is -2.43. The number of rotatable bonds is 1. The predicted molar refractivity (Wildman–Crippen MR) is 69.4 cm³/mol. The zero-order valence-corrected chi connectivity index (χ0v) is 10.9. The van der Waals surface area contributed by atoms with Crippen LogP contribution in [0.5, 0.6) is 0 Å². The molecule has 92 valence electrons. The first kappa shape index (κ1) is 12.4. The third kappa shape index (κ3) is 2.45. The Balaban J connectivity index is 2.28. The molecule has 17 heavy (non-hydrogen) atoms. The third-order valence-corrected chi connectivity index (χ3v) is 3.48. The summed E-state index contributed by atoms with van der Waals surface area (Å²) in [4.78, 5) is 14.3. The van der Waals surface area contributed by atoms with Gasteiger partial charge in [0.1, 0.15) is 0 Å². The van der Waals surface area contributed by atoms with E-state index in [1.807, 2.05) is 17.0 Å². The summed E-state index contributed by atoms with van der Waals surface area (Å²) in [6.07, 6.45) is 0. The number of nitrogens with one attached hydrogen (secondary N) is 1. The molecule has 0 aromatic heterocycles. The lowest BCUT2D eigenvalue weighted by Crippen LogP contribution is -2.59. The van der Waals surface area contributed by atoms with Gasteiger partial charge in [0.25, 0.3) is 5.91 Å². The second-order valence-electron chi connectivity index (χ2n) is 4.93. The van der Waals surface area contributed by atoms with E-state index in [-0.39, 0.29) is 11.4 Å². The van der Waals surface area contributed by atoms with Crippen molar-refractivity contribution in [3.63, 3.8) is 0 Å². The predicted octanol–water partition coefficient (Wildman–Crippen LogP) is 2.16. The van der Waals surface area contributed by atoms with Crippen LogP contribution >= 0.6 is 11.6 Å². The SMILES string of the molecule is CC1(C)CNCCN1C(=O)c1ccccc1Cl. The maximum Gasteiger partial charge on any atom is 0.255 e. The molecule has 1 aliphatic rings. The van der Waals surface area contributed by atoms with Crippen LogP contribution in [0.15, 0.2) is 24.3 Å². The minimum absolute atomic E-state index is 0.0158. The standard InChI is InChI=1S/C13H17ClN2O/c1-13(2)9-15-7-8-16(13)12(17)10-5-3-4-6-11(10)14/h3-6,15H,7-9H2,1-2H3. The number of halogens is 1. The Morgan fingerprint density at radius 2 is 2.12 bits per heavy atom. The van der Waals surface area contributed by atoms with E-state index in [1.165, 1.54) is 0 Å². The molecule has 0 saturated carbocycles. The van der Waals surface area contributed by atoms with E-state index in [4.69, 9.17) is 11.6 Å². The molecule has 4 heteroatoms. The summed E-state index contributed by atoms with van der Waals surface area (Å²) in [5.74, 6) is 0.0158. The average molecular weight is 253 g/mol. The summed E-state index contributed by atoms with van der Waals surface area (Å²) in [7, 11) is 0. The van der Waals surface area contributed by atoms with Gasteiger partial charge in [-0.2, -0.15) is 0 Å². The van der Waals surface area contributed by atoms with Crippen LogP contribution in [0.25, 0.3) is 0 Å². The molecule has 1 aromatic rings. The van der Waals surface area contributed by atoms with Gasteiger partial charge in [-0.05, 0) is 26.0 Å². The van der Waals surface area contributed by atoms with E-state index >= 15 is 0 Å². The summed E-state index contributed by atoms with van der Waals surface area (Å²) in [5, 5.41) is 3.82. The number of benzene rings is 1. The maximum atomic E-state index is 12.4. The van der Waals surface area contributed by atoms with Crippen LogP contribution in [0.4, 0.5) is 0 Å². The molecule has 1 amide bonds. The Morgan fingerprint density at radius 1 is 1.41 bits per heavy atom. The van der Waals surface area contributed by atoms with E-state index in [0.717, 1.165) is 19.6 Å². The number of amides is 1.